The van der Waals surface area contributed by atoms with Gasteiger partial charge in [-0.05, 0) is 64.7 Å². The second-order valence-electron chi connectivity index (χ2n) is 9.24. The standard InChI is InChI=1S/C27H34N6O3S/c1-18(2)37(34,35)23-12-10-21(11-13-23)24-17-31-19(3)25(32-24)27(29)36-26(28)22-8-6-20(7-9-22)16-30-14-15-33(4)5/h6-13,17-18,28-30H,14-16H2,1-5H3. The zero-order chi connectivity index (χ0) is 27.2. The number of nitrogens with one attached hydrogen (secondary N) is 3. The zero-order valence-electron chi connectivity index (χ0n) is 21.9. The molecular weight excluding hydrogens is 488 g/mol. The average molecular weight is 523 g/mol. The van der Waals surface area contributed by atoms with Gasteiger partial charge in [0, 0.05) is 30.8 Å². The topological polar surface area (TPSA) is 132 Å². The maximum Gasteiger partial charge on any atom is 0.241 e. The number of hydrogen-bond acceptors (Lipinski definition) is 9. The highest BCUT2D eigenvalue weighted by Gasteiger charge is 2.20. The van der Waals surface area contributed by atoms with Crippen LogP contribution in [0, 0.1) is 17.7 Å². The molecule has 0 amide bonds. The number of likely N-dealkylation sites (N-methyl/N-ethyl adjacent to an activating group) is 1. The van der Waals surface area contributed by atoms with Gasteiger partial charge in [0.1, 0.15) is 5.69 Å². The molecule has 0 aliphatic rings. The summed E-state index contributed by atoms with van der Waals surface area (Å²) >= 11 is 0. The van der Waals surface area contributed by atoms with Crippen LogP contribution in [0.1, 0.15) is 36.4 Å². The van der Waals surface area contributed by atoms with Gasteiger partial charge in [-0.15, -0.1) is 0 Å². The quantitative estimate of drug-likeness (QED) is 0.210. The number of nitrogens with zero attached hydrogens (tertiary/aromatic N) is 3. The Morgan fingerprint density at radius 1 is 1.03 bits per heavy atom. The van der Waals surface area contributed by atoms with Gasteiger partial charge in [0.2, 0.25) is 11.8 Å². The molecule has 0 bridgehead atoms. The first-order valence-corrected chi connectivity index (χ1v) is 13.5. The van der Waals surface area contributed by atoms with Gasteiger partial charge in [-0.1, -0.05) is 24.3 Å². The number of benzene rings is 2. The molecule has 0 aliphatic carbocycles. The van der Waals surface area contributed by atoms with Crippen LogP contribution in [0.5, 0.6) is 0 Å². The van der Waals surface area contributed by atoms with Crippen LogP contribution < -0.4 is 5.32 Å². The van der Waals surface area contributed by atoms with E-state index in [2.05, 4.69) is 20.2 Å². The summed E-state index contributed by atoms with van der Waals surface area (Å²) < 4.78 is 30.3. The van der Waals surface area contributed by atoms with Crippen LogP contribution in [-0.2, 0) is 21.1 Å². The normalized spacial score (nSPS) is 11.6. The highest BCUT2D eigenvalue weighted by molar-refractivity contribution is 7.92. The molecule has 0 aliphatic heterocycles. The van der Waals surface area contributed by atoms with Gasteiger partial charge in [-0.3, -0.25) is 15.8 Å². The van der Waals surface area contributed by atoms with Crippen LogP contribution in [0.25, 0.3) is 11.3 Å². The van der Waals surface area contributed by atoms with E-state index in [0.29, 0.717) is 22.5 Å². The Morgan fingerprint density at radius 3 is 2.27 bits per heavy atom. The van der Waals surface area contributed by atoms with Gasteiger partial charge in [0.05, 0.1) is 27.7 Å². The molecule has 0 atom stereocenters. The third-order valence-corrected chi connectivity index (χ3v) is 7.93. The summed E-state index contributed by atoms with van der Waals surface area (Å²) in [6, 6.07) is 13.9. The van der Waals surface area contributed by atoms with E-state index in [4.69, 9.17) is 15.6 Å². The van der Waals surface area contributed by atoms with Crippen molar-refractivity contribution in [2.45, 2.75) is 37.5 Å². The van der Waals surface area contributed by atoms with Crippen molar-refractivity contribution < 1.29 is 13.2 Å². The van der Waals surface area contributed by atoms with Crippen molar-refractivity contribution in [2.24, 2.45) is 0 Å². The van der Waals surface area contributed by atoms with Crippen LogP contribution in [0.2, 0.25) is 0 Å². The van der Waals surface area contributed by atoms with E-state index in [-0.39, 0.29) is 22.4 Å². The Bertz CT molecular complexity index is 1350. The molecule has 0 fully saturated rings. The zero-order valence-corrected chi connectivity index (χ0v) is 22.7. The second kappa shape index (κ2) is 12.2. The van der Waals surface area contributed by atoms with Gasteiger partial charge in [-0.25, -0.2) is 13.4 Å². The van der Waals surface area contributed by atoms with Crippen molar-refractivity contribution >= 4 is 21.6 Å². The average Bonchev–Trinajstić information content (AvgIpc) is 2.87. The Labute approximate surface area is 218 Å². The Kier molecular flexibility index (Phi) is 9.25. The van der Waals surface area contributed by atoms with Crippen molar-refractivity contribution in [3.8, 4) is 11.3 Å². The maximum absolute atomic E-state index is 12.4. The van der Waals surface area contributed by atoms with Crippen molar-refractivity contribution in [1.29, 1.82) is 10.8 Å². The molecule has 1 aromatic heterocycles. The van der Waals surface area contributed by atoms with Crippen LogP contribution in [0.3, 0.4) is 0 Å². The molecule has 0 spiro atoms. The third kappa shape index (κ3) is 7.28. The Balaban J connectivity index is 1.69. The van der Waals surface area contributed by atoms with E-state index in [9.17, 15) is 8.42 Å². The van der Waals surface area contributed by atoms with Crippen LogP contribution in [-0.4, -0.2) is 67.5 Å². The monoisotopic (exact) mass is 522 g/mol. The Morgan fingerprint density at radius 2 is 1.68 bits per heavy atom. The molecule has 0 saturated carbocycles. The highest BCUT2D eigenvalue weighted by Crippen LogP contribution is 2.22. The fourth-order valence-corrected chi connectivity index (χ4v) is 4.47. The summed E-state index contributed by atoms with van der Waals surface area (Å²) in [7, 11) is 0.686. The summed E-state index contributed by atoms with van der Waals surface area (Å²) in [5.41, 5.74) is 3.47. The van der Waals surface area contributed by atoms with Crippen molar-refractivity contribution in [3.63, 3.8) is 0 Å². The lowest BCUT2D eigenvalue weighted by atomic mass is 10.1. The second-order valence-corrected chi connectivity index (χ2v) is 11.7. The molecule has 37 heavy (non-hydrogen) atoms. The van der Waals surface area contributed by atoms with E-state index in [1.165, 1.54) is 0 Å². The van der Waals surface area contributed by atoms with Gasteiger partial charge in [0.25, 0.3) is 0 Å². The van der Waals surface area contributed by atoms with Crippen molar-refractivity contribution in [3.05, 3.63) is 77.2 Å². The van der Waals surface area contributed by atoms with E-state index < -0.39 is 15.1 Å². The van der Waals surface area contributed by atoms with Crippen molar-refractivity contribution in [1.82, 2.24) is 20.2 Å². The molecule has 1 heterocycles. The lowest BCUT2D eigenvalue weighted by Gasteiger charge is -2.12. The van der Waals surface area contributed by atoms with E-state index in [0.717, 1.165) is 25.2 Å². The predicted molar refractivity (Wildman–Crippen MR) is 146 cm³/mol. The molecule has 3 N–H and O–H groups in total. The highest BCUT2D eigenvalue weighted by atomic mass is 32.2. The number of rotatable bonds is 10. The molecule has 3 rings (SSSR count). The molecule has 0 radical (unpaired) electrons. The summed E-state index contributed by atoms with van der Waals surface area (Å²) in [6.45, 7) is 7.56. The lowest BCUT2D eigenvalue weighted by molar-refractivity contribution is 0.400. The smallest absolute Gasteiger partial charge is 0.241 e. The van der Waals surface area contributed by atoms with Gasteiger partial charge >= 0.3 is 0 Å². The SMILES string of the molecule is Cc1ncc(-c2ccc(S(=O)(=O)C(C)C)cc2)nc1C(=N)OC(=N)c1ccc(CNCCN(C)C)cc1. The van der Waals surface area contributed by atoms with E-state index in [1.807, 2.05) is 26.2 Å². The van der Waals surface area contributed by atoms with Gasteiger partial charge in [0.15, 0.2) is 9.84 Å². The van der Waals surface area contributed by atoms with Gasteiger partial charge < -0.3 is 15.0 Å². The number of hydrogen-bond donors (Lipinski definition) is 3. The first-order valence-electron chi connectivity index (χ1n) is 12.0. The number of sulfone groups is 1. The van der Waals surface area contributed by atoms with E-state index in [1.54, 1.807) is 63.4 Å². The molecule has 0 saturated heterocycles. The number of aromatic nitrogens is 2. The fourth-order valence-electron chi connectivity index (χ4n) is 3.41. The van der Waals surface area contributed by atoms with Crippen LogP contribution in [0.15, 0.2) is 59.6 Å². The van der Waals surface area contributed by atoms with Crippen molar-refractivity contribution in [2.75, 3.05) is 27.2 Å². The summed E-state index contributed by atoms with van der Waals surface area (Å²) in [6.07, 6.45) is 1.56. The molecule has 3 aromatic rings. The molecular formula is C27H34N6O3S. The largest absolute Gasteiger partial charge is 0.419 e. The van der Waals surface area contributed by atoms with Gasteiger partial charge in [-0.2, -0.15) is 0 Å². The summed E-state index contributed by atoms with van der Waals surface area (Å²) in [5.74, 6) is -0.447. The molecule has 9 nitrogen and oxygen atoms in total. The molecule has 10 heteroatoms. The first kappa shape index (κ1) is 28.1. The van der Waals surface area contributed by atoms with E-state index >= 15 is 0 Å². The first-order chi connectivity index (χ1) is 17.5. The lowest BCUT2D eigenvalue weighted by Crippen LogP contribution is -2.26. The maximum atomic E-state index is 12.4. The number of ether oxygens (including phenoxy) is 1. The van der Waals surface area contributed by atoms with Crippen LogP contribution in [0.4, 0.5) is 0 Å². The molecule has 2 aromatic carbocycles. The molecule has 196 valence electrons. The summed E-state index contributed by atoms with van der Waals surface area (Å²) in [4.78, 5) is 11.2. The summed E-state index contributed by atoms with van der Waals surface area (Å²) in [5, 5.41) is 19.6. The van der Waals surface area contributed by atoms with Crippen LogP contribution >= 0.6 is 0 Å². The minimum atomic E-state index is -3.38. The minimum Gasteiger partial charge on any atom is -0.419 e. The fraction of sp³-hybridized carbons (Fsp3) is 0.333. The third-order valence-electron chi connectivity index (χ3n) is 5.75. The minimum absolute atomic E-state index is 0.160. The molecule has 0 unspecified atom stereocenters. The Hall–Kier alpha value is -3.47. The number of aryl methyl sites for hydroxylation is 1. The predicted octanol–water partition coefficient (Wildman–Crippen LogP) is 3.65.